The fourth-order valence-corrected chi connectivity index (χ4v) is 2.21. The number of hydrogen-bond donors (Lipinski definition) is 0. The molecule has 0 N–H and O–H groups in total. The van der Waals surface area contributed by atoms with Crippen molar-refractivity contribution in [3.05, 3.63) is 0 Å². The number of carbonyl (C=O) groups excluding carboxylic acids is 2. The largest absolute Gasteiger partial charge is 0.299 e. The summed E-state index contributed by atoms with van der Waals surface area (Å²) in [4.78, 5) is 22.4. The second-order valence-corrected chi connectivity index (χ2v) is 3.64. The Bertz CT molecular complexity index is 186. The third-order valence-electron chi connectivity index (χ3n) is 2.96. The van der Waals surface area contributed by atoms with Gasteiger partial charge in [0.15, 0.2) is 0 Å². The van der Waals surface area contributed by atoms with Crippen LogP contribution in [-0.4, -0.2) is 11.6 Å². The molecule has 2 fully saturated rings. The van der Waals surface area contributed by atoms with Gasteiger partial charge in [0.25, 0.3) is 0 Å². The standard InChI is InChI=1S/C9H12O2/c10-8-3-1-6-5-7(8)2-4-9(6)11/h6-7H,1-5H2/t6-,7-/m0/s1. The predicted molar refractivity (Wildman–Crippen MR) is 40.1 cm³/mol. The molecule has 0 saturated heterocycles. The summed E-state index contributed by atoms with van der Waals surface area (Å²) >= 11 is 0. The van der Waals surface area contributed by atoms with Gasteiger partial charge in [-0.25, -0.2) is 0 Å². The van der Waals surface area contributed by atoms with Crippen LogP contribution in [0.2, 0.25) is 0 Å². The van der Waals surface area contributed by atoms with Crippen LogP contribution in [0.4, 0.5) is 0 Å². The van der Waals surface area contributed by atoms with Gasteiger partial charge in [-0.15, -0.1) is 0 Å². The minimum Gasteiger partial charge on any atom is -0.299 e. The summed E-state index contributed by atoms with van der Waals surface area (Å²) in [7, 11) is 0. The number of ketones is 2. The van der Waals surface area contributed by atoms with Crippen molar-refractivity contribution in [3.63, 3.8) is 0 Å². The van der Waals surface area contributed by atoms with E-state index in [0.717, 1.165) is 19.3 Å². The van der Waals surface area contributed by atoms with Gasteiger partial charge in [0.2, 0.25) is 0 Å². The molecule has 0 aromatic heterocycles. The number of fused-ring (bicyclic) bond motifs is 2. The van der Waals surface area contributed by atoms with Crippen molar-refractivity contribution in [2.24, 2.45) is 11.8 Å². The Kier molecular flexibility index (Phi) is 1.55. The van der Waals surface area contributed by atoms with Crippen molar-refractivity contribution < 1.29 is 9.59 Å². The van der Waals surface area contributed by atoms with Crippen molar-refractivity contribution in [2.75, 3.05) is 0 Å². The number of rotatable bonds is 0. The zero-order valence-corrected chi connectivity index (χ0v) is 6.51. The first-order valence-corrected chi connectivity index (χ1v) is 4.33. The Morgan fingerprint density at radius 1 is 0.909 bits per heavy atom. The number of carbonyl (C=O) groups is 2. The summed E-state index contributed by atoms with van der Waals surface area (Å²) in [5.41, 5.74) is 0. The van der Waals surface area contributed by atoms with Gasteiger partial charge in [0, 0.05) is 24.7 Å². The number of hydrogen-bond acceptors (Lipinski definition) is 2. The van der Waals surface area contributed by atoms with Gasteiger partial charge in [-0.1, -0.05) is 0 Å². The molecule has 0 aromatic rings. The Morgan fingerprint density at radius 2 is 1.36 bits per heavy atom. The molecule has 0 aliphatic heterocycles. The first kappa shape index (κ1) is 7.01. The second kappa shape index (κ2) is 2.43. The minimum absolute atomic E-state index is 0.242. The van der Waals surface area contributed by atoms with E-state index >= 15 is 0 Å². The first-order chi connectivity index (χ1) is 5.27. The second-order valence-electron chi connectivity index (χ2n) is 3.64. The maximum absolute atomic E-state index is 11.2. The first-order valence-electron chi connectivity index (χ1n) is 4.33. The average Bonchev–Trinajstić information content (AvgIpc) is 2.02. The molecule has 0 amide bonds. The predicted octanol–water partition coefficient (Wildman–Crippen LogP) is 1.33. The molecule has 2 atom stereocenters. The van der Waals surface area contributed by atoms with E-state index in [0.29, 0.717) is 24.4 Å². The summed E-state index contributed by atoms with van der Waals surface area (Å²) < 4.78 is 0. The van der Waals surface area contributed by atoms with Gasteiger partial charge in [-0.05, 0) is 19.3 Å². The Hall–Kier alpha value is -0.660. The highest BCUT2D eigenvalue weighted by Crippen LogP contribution is 2.35. The van der Waals surface area contributed by atoms with E-state index in [1.165, 1.54) is 0 Å². The normalized spacial score (nSPS) is 37.5. The van der Waals surface area contributed by atoms with Gasteiger partial charge in [0.05, 0.1) is 0 Å². The summed E-state index contributed by atoms with van der Waals surface area (Å²) in [6, 6.07) is 0. The monoisotopic (exact) mass is 152 g/mol. The molecule has 2 aliphatic rings. The molecule has 0 spiro atoms. The molecular weight excluding hydrogens is 140 g/mol. The van der Waals surface area contributed by atoms with Crippen LogP contribution in [0.1, 0.15) is 32.1 Å². The van der Waals surface area contributed by atoms with Crippen LogP contribution in [0, 0.1) is 11.8 Å². The highest BCUT2D eigenvalue weighted by Gasteiger charge is 2.36. The van der Waals surface area contributed by atoms with E-state index in [1.807, 2.05) is 0 Å². The lowest BCUT2D eigenvalue weighted by molar-refractivity contribution is -0.134. The molecule has 0 unspecified atom stereocenters. The third kappa shape index (κ3) is 1.10. The van der Waals surface area contributed by atoms with E-state index in [9.17, 15) is 9.59 Å². The number of Topliss-reactive ketones (excluding diaryl/α,β-unsaturated/α-hetero) is 2. The van der Waals surface area contributed by atoms with Crippen LogP contribution in [0.3, 0.4) is 0 Å². The lowest BCUT2D eigenvalue weighted by Gasteiger charge is -2.31. The average molecular weight is 152 g/mol. The fourth-order valence-electron chi connectivity index (χ4n) is 2.21. The molecule has 60 valence electrons. The summed E-state index contributed by atoms with van der Waals surface area (Å²) in [6.45, 7) is 0. The van der Waals surface area contributed by atoms with Gasteiger partial charge < -0.3 is 0 Å². The topological polar surface area (TPSA) is 34.1 Å². The molecule has 2 bridgehead atoms. The van der Waals surface area contributed by atoms with E-state index in [-0.39, 0.29) is 11.8 Å². The van der Waals surface area contributed by atoms with Gasteiger partial charge >= 0.3 is 0 Å². The Morgan fingerprint density at radius 3 is 1.82 bits per heavy atom. The van der Waals surface area contributed by atoms with Crippen LogP contribution >= 0.6 is 0 Å². The molecule has 0 aromatic carbocycles. The van der Waals surface area contributed by atoms with Gasteiger partial charge in [-0.3, -0.25) is 9.59 Å². The van der Waals surface area contributed by atoms with Crippen LogP contribution in [0.25, 0.3) is 0 Å². The van der Waals surface area contributed by atoms with E-state index in [4.69, 9.17) is 0 Å². The molecule has 2 rings (SSSR count). The minimum atomic E-state index is 0.242. The molecule has 0 radical (unpaired) electrons. The smallest absolute Gasteiger partial charge is 0.136 e. The third-order valence-corrected chi connectivity index (χ3v) is 2.96. The van der Waals surface area contributed by atoms with Gasteiger partial charge in [-0.2, -0.15) is 0 Å². The van der Waals surface area contributed by atoms with E-state index in [1.54, 1.807) is 0 Å². The highest BCUT2D eigenvalue weighted by molar-refractivity contribution is 5.89. The zero-order valence-electron chi connectivity index (χ0n) is 6.51. The zero-order chi connectivity index (χ0) is 7.84. The fraction of sp³-hybridized carbons (Fsp3) is 0.778. The van der Waals surface area contributed by atoms with Crippen molar-refractivity contribution in [2.45, 2.75) is 32.1 Å². The summed E-state index contributed by atoms with van der Waals surface area (Å²) in [5, 5.41) is 0. The van der Waals surface area contributed by atoms with Crippen molar-refractivity contribution in [3.8, 4) is 0 Å². The summed E-state index contributed by atoms with van der Waals surface area (Å²) in [6.07, 6.45) is 3.82. The maximum Gasteiger partial charge on any atom is 0.136 e. The molecule has 2 nitrogen and oxygen atoms in total. The molecule has 0 heterocycles. The van der Waals surface area contributed by atoms with Crippen LogP contribution in [0.15, 0.2) is 0 Å². The van der Waals surface area contributed by atoms with Crippen LogP contribution < -0.4 is 0 Å². The molecule has 2 heteroatoms. The van der Waals surface area contributed by atoms with Crippen LogP contribution in [-0.2, 0) is 9.59 Å². The van der Waals surface area contributed by atoms with Crippen molar-refractivity contribution >= 4 is 11.6 Å². The van der Waals surface area contributed by atoms with Crippen molar-refractivity contribution in [1.29, 1.82) is 0 Å². The van der Waals surface area contributed by atoms with E-state index in [2.05, 4.69) is 0 Å². The van der Waals surface area contributed by atoms with Gasteiger partial charge in [0.1, 0.15) is 11.6 Å². The molecular formula is C9H12O2. The maximum atomic E-state index is 11.2. The lowest BCUT2D eigenvalue weighted by Crippen LogP contribution is -2.34. The van der Waals surface area contributed by atoms with E-state index < -0.39 is 0 Å². The van der Waals surface area contributed by atoms with Crippen LogP contribution in [0.5, 0.6) is 0 Å². The quantitative estimate of drug-likeness (QED) is 0.524. The SMILES string of the molecule is O=C1CC[C@H]2C[C@@H]1CCC2=O. The Balaban J connectivity index is 2.14. The van der Waals surface area contributed by atoms with Crippen molar-refractivity contribution in [1.82, 2.24) is 0 Å². The molecule has 11 heavy (non-hydrogen) atoms. The highest BCUT2D eigenvalue weighted by atomic mass is 16.1. The lowest BCUT2D eigenvalue weighted by atomic mass is 9.71. The summed E-state index contributed by atoms with van der Waals surface area (Å²) in [5.74, 6) is 1.28. The molecule has 2 aliphatic carbocycles. The molecule has 2 saturated carbocycles. The Labute approximate surface area is 66.0 Å².